The molecule has 160 valence electrons. The van der Waals surface area contributed by atoms with Crippen LogP contribution in [0.25, 0.3) is 11.3 Å². The number of benzene rings is 2. The Morgan fingerprint density at radius 3 is 2.77 bits per heavy atom. The lowest BCUT2D eigenvalue weighted by atomic mass is 9.96. The molecule has 31 heavy (non-hydrogen) atoms. The molecule has 3 aromatic rings. The zero-order valence-corrected chi connectivity index (χ0v) is 19.2. The molecule has 1 spiro atoms. The van der Waals surface area contributed by atoms with Gasteiger partial charge in [-0.2, -0.15) is 0 Å². The summed E-state index contributed by atoms with van der Waals surface area (Å²) in [4.78, 5) is 22.9. The largest absolute Gasteiger partial charge is 0.445 e. The standard InChI is InChI=1S/C24H24IN3O3/c25-19-9-7-18(8-10-19)20-14-26-22(27-20)21-13-24(11-4-12-31-24)16-28(21)23(29)30-15-17-5-2-1-3-6-17/h1-3,5-10,14,21H,4,11-13,15-16H2,(H,26,27). The van der Waals surface area contributed by atoms with Crippen molar-refractivity contribution in [3.8, 4) is 11.3 Å². The molecule has 2 atom stereocenters. The highest BCUT2D eigenvalue weighted by molar-refractivity contribution is 14.1. The molecule has 0 saturated carbocycles. The third-order valence-corrected chi connectivity index (χ3v) is 6.81. The number of aromatic amines is 1. The highest BCUT2D eigenvalue weighted by atomic mass is 127. The number of likely N-dealkylation sites (tertiary alicyclic amines) is 1. The van der Waals surface area contributed by atoms with Crippen molar-refractivity contribution in [1.82, 2.24) is 14.9 Å². The van der Waals surface area contributed by atoms with Crippen LogP contribution in [0, 0.1) is 3.57 Å². The van der Waals surface area contributed by atoms with E-state index in [0.29, 0.717) is 6.54 Å². The van der Waals surface area contributed by atoms with Gasteiger partial charge in [0.05, 0.1) is 30.1 Å². The lowest BCUT2D eigenvalue weighted by Gasteiger charge is -2.23. The maximum atomic E-state index is 13.1. The van der Waals surface area contributed by atoms with Gasteiger partial charge in [0.1, 0.15) is 12.4 Å². The molecule has 0 bridgehead atoms. The van der Waals surface area contributed by atoms with Gasteiger partial charge < -0.3 is 14.5 Å². The van der Waals surface area contributed by atoms with Gasteiger partial charge in [0.25, 0.3) is 0 Å². The van der Waals surface area contributed by atoms with E-state index in [-0.39, 0.29) is 24.3 Å². The van der Waals surface area contributed by atoms with Crippen LogP contribution < -0.4 is 0 Å². The Hall–Kier alpha value is -2.39. The topological polar surface area (TPSA) is 67.4 Å². The molecule has 0 radical (unpaired) electrons. The summed E-state index contributed by atoms with van der Waals surface area (Å²) in [7, 11) is 0. The Morgan fingerprint density at radius 2 is 2.03 bits per heavy atom. The molecule has 2 aliphatic heterocycles. The molecule has 2 aliphatic rings. The third-order valence-electron chi connectivity index (χ3n) is 6.09. The number of rotatable bonds is 4. The minimum atomic E-state index is -0.326. The molecular weight excluding hydrogens is 505 g/mol. The normalized spacial score (nSPS) is 22.9. The van der Waals surface area contributed by atoms with Crippen LogP contribution in [-0.2, 0) is 16.1 Å². The zero-order chi connectivity index (χ0) is 21.3. The molecule has 2 unspecified atom stereocenters. The van der Waals surface area contributed by atoms with E-state index >= 15 is 0 Å². The van der Waals surface area contributed by atoms with Gasteiger partial charge in [-0.05, 0) is 58.7 Å². The number of ether oxygens (including phenoxy) is 2. The summed E-state index contributed by atoms with van der Waals surface area (Å²) in [5, 5.41) is 0. The molecule has 2 saturated heterocycles. The predicted molar refractivity (Wildman–Crippen MR) is 125 cm³/mol. The Labute approximate surface area is 195 Å². The number of aromatic nitrogens is 2. The van der Waals surface area contributed by atoms with Crippen LogP contribution >= 0.6 is 22.6 Å². The van der Waals surface area contributed by atoms with Gasteiger partial charge in [-0.15, -0.1) is 0 Å². The monoisotopic (exact) mass is 529 g/mol. The number of hydrogen-bond acceptors (Lipinski definition) is 4. The smallest absolute Gasteiger partial charge is 0.410 e. The van der Waals surface area contributed by atoms with E-state index in [1.807, 2.05) is 36.5 Å². The Balaban J connectivity index is 1.37. The minimum Gasteiger partial charge on any atom is -0.445 e. The van der Waals surface area contributed by atoms with Crippen molar-refractivity contribution >= 4 is 28.7 Å². The van der Waals surface area contributed by atoms with E-state index in [9.17, 15) is 4.79 Å². The molecule has 1 aromatic heterocycles. The molecule has 5 rings (SSSR count). The first-order valence-corrected chi connectivity index (χ1v) is 11.6. The summed E-state index contributed by atoms with van der Waals surface area (Å²) in [5.74, 6) is 0.776. The summed E-state index contributed by atoms with van der Waals surface area (Å²) in [6, 6.07) is 17.8. The summed E-state index contributed by atoms with van der Waals surface area (Å²) >= 11 is 2.29. The Morgan fingerprint density at radius 1 is 1.23 bits per heavy atom. The average molecular weight is 529 g/mol. The quantitative estimate of drug-likeness (QED) is 0.465. The number of nitrogens with zero attached hydrogens (tertiary/aromatic N) is 2. The van der Waals surface area contributed by atoms with Crippen LogP contribution in [-0.4, -0.2) is 39.7 Å². The maximum absolute atomic E-state index is 13.1. The van der Waals surface area contributed by atoms with Gasteiger partial charge in [-0.25, -0.2) is 9.78 Å². The van der Waals surface area contributed by atoms with E-state index in [4.69, 9.17) is 9.47 Å². The van der Waals surface area contributed by atoms with Gasteiger partial charge in [-0.1, -0.05) is 42.5 Å². The second kappa shape index (κ2) is 8.63. The summed E-state index contributed by atoms with van der Waals surface area (Å²) in [5.41, 5.74) is 2.68. The summed E-state index contributed by atoms with van der Waals surface area (Å²) in [6.07, 6.45) is 4.22. The Kier molecular flexibility index (Phi) is 5.71. The van der Waals surface area contributed by atoms with Crippen LogP contribution in [0.5, 0.6) is 0 Å². The fourth-order valence-corrected chi connectivity index (χ4v) is 4.87. The van der Waals surface area contributed by atoms with Crippen molar-refractivity contribution in [2.75, 3.05) is 13.2 Å². The van der Waals surface area contributed by atoms with Gasteiger partial charge >= 0.3 is 6.09 Å². The van der Waals surface area contributed by atoms with E-state index in [2.05, 4.69) is 56.8 Å². The number of amides is 1. The zero-order valence-electron chi connectivity index (χ0n) is 17.1. The van der Waals surface area contributed by atoms with Gasteiger partial charge in [0, 0.05) is 16.6 Å². The van der Waals surface area contributed by atoms with Crippen LogP contribution in [0.1, 0.15) is 36.7 Å². The lowest BCUT2D eigenvalue weighted by Crippen LogP contribution is -2.36. The fourth-order valence-electron chi connectivity index (χ4n) is 4.51. The SMILES string of the molecule is O=C(OCc1ccccc1)N1CC2(CCCO2)CC1c1ncc(-c2ccc(I)cc2)[nH]1. The van der Waals surface area contributed by atoms with Crippen molar-refractivity contribution in [3.63, 3.8) is 0 Å². The van der Waals surface area contributed by atoms with Crippen molar-refractivity contribution < 1.29 is 14.3 Å². The Bertz CT molecular complexity index is 1050. The van der Waals surface area contributed by atoms with Gasteiger partial charge in [0.15, 0.2) is 0 Å². The van der Waals surface area contributed by atoms with Crippen molar-refractivity contribution in [2.45, 2.75) is 37.5 Å². The molecule has 6 nitrogen and oxygen atoms in total. The highest BCUT2D eigenvalue weighted by Gasteiger charge is 2.50. The summed E-state index contributed by atoms with van der Waals surface area (Å²) < 4.78 is 13.0. The number of carbonyl (C=O) groups excluding carboxylic acids is 1. The minimum absolute atomic E-state index is 0.195. The first-order chi connectivity index (χ1) is 15.1. The van der Waals surface area contributed by atoms with E-state index in [1.54, 1.807) is 4.90 Å². The molecule has 2 fully saturated rings. The molecular formula is C24H24IN3O3. The number of hydrogen-bond donors (Lipinski definition) is 1. The second-order valence-corrected chi connectivity index (χ2v) is 9.46. The van der Waals surface area contributed by atoms with Crippen LogP contribution in [0.3, 0.4) is 0 Å². The van der Waals surface area contributed by atoms with Crippen LogP contribution in [0.15, 0.2) is 60.8 Å². The van der Waals surface area contributed by atoms with Gasteiger partial charge in [0.2, 0.25) is 0 Å². The lowest BCUT2D eigenvalue weighted by molar-refractivity contribution is 0.0111. The molecule has 2 aromatic carbocycles. The number of halogens is 1. The predicted octanol–water partition coefficient (Wildman–Crippen LogP) is 5.31. The number of H-pyrrole nitrogens is 1. The van der Waals surface area contributed by atoms with Crippen LogP contribution in [0.4, 0.5) is 4.79 Å². The molecule has 3 heterocycles. The number of carbonyl (C=O) groups is 1. The first-order valence-electron chi connectivity index (χ1n) is 10.5. The van der Waals surface area contributed by atoms with Crippen molar-refractivity contribution in [1.29, 1.82) is 0 Å². The van der Waals surface area contributed by atoms with E-state index in [1.165, 1.54) is 3.57 Å². The highest BCUT2D eigenvalue weighted by Crippen LogP contribution is 2.44. The fraction of sp³-hybridized carbons (Fsp3) is 0.333. The maximum Gasteiger partial charge on any atom is 0.410 e. The number of nitrogens with one attached hydrogen (secondary N) is 1. The molecule has 1 amide bonds. The van der Waals surface area contributed by atoms with E-state index < -0.39 is 0 Å². The molecule has 7 heteroatoms. The van der Waals surface area contributed by atoms with Crippen LogP contribution in [0.2, 0.25) is 0 Å². The molecule has 0 aliphatic carbocycles. The average Bonchev–Trinajstić information content (AvgIpc) is 3.54. The van der Waals surface area contributed by atoms with Crippen molar-refractivity contribution in [3.05, 3.63) is 75.8 Å². The van der Waals surface area contributed by atoms with Crippen molar-refractivity contribution in [2.24, 2.45) is 0 Å². The van der Waals surface area contributed by atoms with E-state index in [0.717, 1.165) is 48.5 Å². The third kappa shape index (κ3) is 4.34. The first kappa shape index (κ1) is 20.5. The summed E-state index contributed by atoms with van der Waals surface area (Å²) in [6.45, 7) is 1.53. The number of imidazole rings is 1. The second-order valence-electron chi connectivity index (χ2n) is 8.21. The van der Waals surface area contributed by atoms with Gasteiger partial charge in [-0.3, -0.25) is 4.90 Å². The molecule has 1 N–H and O–H groups in total.